The van der Waals surface area contributed by atoms with E-state index in [0.717, 1.165) is 6.42 Å². The first-order valence-corrected chi connectivity index (χ1v) is 8.85. The average molecular weight is 334 g/mol. The Bertz CT molecular complexity index is 526. The van der Waals surface area contributed by atoms with E-state index in [9.17, 15) is 9.59 Å². The fraction of sp³-hybridized carbons (Fsp3) is 0.579. The Kier molecular flexibility index (Phi) is 8.47. The molecule has 0 unspecified atom stereocenters. The maximum absolute atomic E-state index is 12.1. The second-order valence-corrected chi connectivity index (χ2v) is 6.66. The van der Waals surface area contributed by atoms with Crippen molar-refractivity contribution in [2.24, 2.45) is 5.92 Å². The molecule has 0 aliphatic heterocycles. The van der Waals surface area contributed by atoms with Crippen molar-refractivity contribution >= 4 is 11.9 Å². The molecule has 1 rings (SSSR count). The number of unbranched alkanes of at least 4 members (excludes halogenated alkanes) is 1. The zero-order chi connectivity index (χ0) is 18.1. The lowest BCUT2D eigenvalue weighted by molar-refractivity contribution is -0.719. The topological polar surface area (TPSA) is 74.8 Å². The number of aryl methyl sites for hydroxylation is 1. The molecule has 0 saturated heterocycles. The van der Waals surface area contributed by atoms with E-state index in [1.54, 1.807) is 0 Å². The summed E-state index contributed by atoms with van der Waals surface area (Å²) in [6.07, 6.45) is 3.51. The van der Waals surface area contributed by atoms with Crippen LogP contribution in [0.5, 0.6) is 0 Å². The zero-order valence-corrected chi connectivity index (χ0v) is 15.6. The van der Waals surface area contributed by atoms with Gasteiger partial charge in [0, 0.05) is 18.5 Å². The first kappa shape index (κ1) is 20.2. The van der Waals surface area contributed by atoms with E-state index in [-0.39, 0.29) is 18.0 Å². The first-order chi connectivity index (χ1) is 11.4. The number of carbonyl (C=O) groups is 2. The van der Waals surface area contributed by atoms with E-state index in [1.165, 1.54) is 31.0 Å². The van der Waals surface area contributed by atoms with Gasteiger partial charge in [-0.3, -0.25) is 10.1 Å². The van der Waals surface area contributed by atoms with Crippen LogP contribution in [0, 0.1) is 5.92 Å². The van der Waals surface area contributed by atoms with Crippen LogP contribution in [0.25, 0.3) is 0 Å². The van der Waals surface area contributed by atoms with Gasteiger partial charge < -0.3 is 10.6 Å². The molecule has 5 heteroatoms. The number of amides is 3. The van der Waals surface area contributed by atoms with Crippen LogP contribution in [0.4, 0.5) is 4.79 Å². The summed E-state index contributed by atoms with van der Waals surface area (Å²) in [5.41, 5.74) is 2.57. The summed E-state index contributed by atoms with van der Waals surface area (Å²) in [5.74, 6) is 0.0984. The summed E-state index contributed by atoms with van der Waals surface area (Å²) in [7, 11) is 1.49. The predicted octanol–water partition coefficient (Wildman–Crippen LogP) is 2.13. The van der Waals surface area contributed by atoms with Gasteiger partial charge in [-0.2, -0.15) is 0 Å². The molecular formula is C19H32N3O2+. The molecule has 0 fully saturated rings. The Labute approximate surface area is 145 Å². The number of urea groups is 1. The van der Waals surface area contributed by atoms with Crippen molar-refractivity contribution in [2.45, 2.75) is 59.0 Å². The summed E-state index contributed by atoms with van der Waals surface area (Å²) in [4.78, 5) is 23.4. The van der Waals surface area contributed by atoms with Crippen molar-refractivity contribution in [1.29, 1.82) is 0 Å². The van der Waals surface area contributed by atoms with Crippen LogP contribution in [0.15, 0.2) is 24.3 Å². The maximum atomic E-state index is 12.1. The lowest BCUT2D eigenvalue weighted by atomic mass is 9.94. The third-order valence-corrected chi connectivity index (χ3v) is 4.28. The largest absolute Gasteiger partial charge is 0.341 e. The number of hydrogen-bond donors (Lipinski definition) is 3. The van der Waals surface area contributed by atoms with Crippen molar-refractivity contribution in [1.82, 2.24) is 10.6 Å². The minimum atomic E-state index is -0.471. The first-order valence-electron chi connectivity index (χ1n) is 8.85. The minimum absolute atomic E-state index is 0.177. The smallest absolute Gasteiger partial charge is 0.321 e. The molecule has 5 nitrogen and oxygen atoms in total. The Morgan fingerprint density at radius 1 is 1.12 bits per heavy atom. The minimum Gasteiger partial charge on any atom is -0.341 e. The van der Waals surface area contributed by atoms with E-state index < -0.39 is 6.03 Å². The Balaban J connectivity index is 2.76. The molecule has 2 atom stereocenters. The van der Waals surface area contributed by atoms with Crippen LogP contribution in [0.1, 0.15) is 57.7 Å². The molecule has 1 aromatic rings. The molecule has 0 aromatic heterocycles. The van der Waals surface area contributed by atoms with Gasteiger partial charge in [0.25, 0.3) is 5.91 Å². The molecule has 1 aromatic carbocycles. The van der Waals surface area contributed by atoms with Crippen LogP contribution in [-0.4, -0.2) is 25.0 Å². The van der Waals surface area contributed by atoms with Crippen molar-refractivity contribution in [3.63, 3.8) is 0 Å². The highest BCUT2D eigenvalue weighted by Crippen LogP contribution is 2.19. The summed E-state index contributed by atoms with van der Waals surface area (Å²) in [5, 5.41) is 6.77. The van der Waals surface area contributed by atoms with Crippen molar-refractivity contribution in [3.05, 3.63) is 35.4 Å². The monoisotopic (exact) mass is 334 g/mol. The van der Waals surface area contributed by atoms with Gasteiger partial charge in [-0.05, 0) is 25.3 Å². The summed E-state index contributed by atoms with van der Waals surface area (Å²) in [6, 6.07) is 8.06. The summed E-state index contributed by atoms with van der Waals surface area (Å²) in [6.45, 7) is 8.32. The van der Waals surface area contributed by atoms with Crippen LogP contribution in [0.3, 0.4) is 0 Å². The molecule has 24 heavy (non-hydrogen) atoms. The Morgan fingerprint density at radius 2 is 1.75 bits per heavy atom. The van der Waals surface area contributed by atoms with Gasteiger partial charge in [0.15, 0.2) is 6.04 Å². The number of rotatable bonds is 8. The molecule has 0 aliphatic rings. The quantitative estimate of drug-likeness (QED) is 0.681. The molecule has 0 saturated carbocycles. The van der Waals surface area contributed by atoms with Crippen molar-refractivity contribution in [2.75, 3.05) is 7.05 Å². The fourth-order valence-electron chi connectivity index (χ4n) is 2.69. The number of quaternary nitrogens is 1. The highest BCUT2D eigenvalue weighted by atomic mass is 16.2. The van der Waals surface area contributed by atoms with Gasteiger partial charge in [0.2, 0.25) is 0 Å². The van der Waals surface area contributed by atoms with E-state index in [4.69, 9.17) is 0 Å². The number of nitrogens with one attached hydrogen (secondary N) is 2. The Morgan fingerprint density at radius 3 is 2.25 bits per heavy atom. The third-order valence-electron chi connectivity index (χ3n) is 4.28. The maximum Gasteiger partial charge on any atom is 0.321 e. The van der Waals surface area contributed by atoms with Crippen LogP contribution in [0.2, 0.25) is 0 Å². The molecule has 0 radical (unpaired) electrons. The van der Waals surface area contributed by atoms with Crippen LogP contribution < -0.4 is 16.0 Å². The van der Waals surface area contributed by atoms with Gasteiger partial charge in [-0.15, -0.1) is 0 Å². The average Bonchev–Trinajstić information content (AvgIpc) is 2.57. The molecule has 134 valence electrons. The lowest BCUT2D eigenvalue weighted by Gasteiger charge is -2.23. The van der Waals surface area contributed by atoms with E-state index in [2.05, 4.69) is 55.7 Å². The number of benzene rings is 1. The molecule has 0 bridgehead atoms. The standard InChI is InChI=1S/C19H31N3O2/c1-6-7-8-15-9-11-16(12-10-15)17(13(2)3)21-14(4)18(23)22-19(24)20-5/h9-14,17,21H,6-8H2,1-5H3,(H2,20,22,23,24)/p+1/t14-,17-/m1/s1. The summed E-state index contributed by atoms with van der Waals surface area (Å²) >= 11 is 0. The number of imide groups is 1. The number of carbonyl (C=O) groups excluding carboxylic acids is 2. The highest BCUT2D eigenvalue weighted by Gasteiger charge is 2.26. The van der Waals surface area contributed by atoms with Crippen molar-refractivity contribution < 1.29 is 14.9 Å². The normalized spacial score (nSPS) is 13.4. The predicted molar refractivity (Wildman–Crippen MR) is 96.6 cm³/mol. The molecular weight excluding hydrogens is 302 g/mol. The van der Waals surface area contributed by atoms with E-state index in [0.29, 0.717) is 5.92 Å². The molecule has 0 aliphatic carbocycles. The lowest BCUT2D eigenvalue weighted by Crippen LogP contribution is -2.93. The Hall–Kier alpha value is -1.88. The zero-order valence-electron chi connectivity index (χ0n) is 15.6. The second kappa shape index (κ2) is 10.1. The molecule has 0 spiro atoms. The van der Waals surface area contributed by atoms with Gasteiger partial charge >= 0.3 is 6.03 Å². The SMILES string of the molecule is CCCCc1ccc([C@H]([NH2+][C@H](C)C(=O)NC(=O)NC)C(C)C)cc1. The van der Waals surface area contributed by atoms with E-state index in [1.807, 2.05) is 12.2 Å². The van der Waals surface area contributed by atoms with Gasteiger partial charge in [0.05, 0.1) is 0 Å². The van der Waals surface area contributed by atoms with Gasteiger partial charge in [0.1, 0.15) is 6.04 Å². The number of hydrogen-bond acceptors (Lipinski definition) is 2. The summed E-state index contributed by atoms with van der Waals surface area (Å²) < 4.78 is 0. The molecule has 0 heterocycles. The van der Waals surface area contributed by atoms with Gasteiger partial charge in [-0.25, -0.2) is 4.79 Å². The fourth-order valence-corrected chi connectivity index (χ4v) is 2.69. The third kappa shape index (κ3) is 6.32. The molecule has 3 amide bonds. The highest BCUT2D eigenvalue weighted by molar-refractivity contribution is 5.95. The van der Waals surface area contributed by atoms with Crippen molar-refractivity contribution in [3.8, 4) is 0 Å². The number of nitrogens with two attached hydrogens (primary N) is 1. The molecule has 4 N–H and O–H groups in total. The van der Waals surface area contributed by atoms with Crippen LogP contribution >= 0.6 is 0 Å². The second-order valence-electron chi connectivity index (χ2n) is 6.66. The van der Waals surface area contributed by atoms with Crippen LogP contribution in [-0.2, 0) is 11.2 Å². The van der Waals surface area contributed by atoms with Gasteiger partial charge in [-0.1, -0.05) is 51.5 Å². The van der Waals surface area contributed by atoms with E-state index >= 15 is 0 Å².